The molecule has 0 aliphatic heterocycles. The van der Waals surface area contributed by atoms with Gasteiger partial charge in [0.15, 0.2) is 0 Å². The van der Waals surface area contributed by atoms with Gasteiger partial charge in [0, 0.05) is 30.0 Å². The molecule has 6 nitrogen and oxygen atoms in total. The van der Waals surface area contributed by atoms with E-state index in [0.29, 0.717) is 25.6 Å². The molecular formula is C27H29N3O3. The number of nitrogens with zero attached hydrogens (tertiary/aromatic N) is 2. The second-order valence-electron chi connectivity index (χ2n) is 8.32. The number of ether oxygens (including phenoxy) is 1. The van der Waals surface area contributed by atoms with Gasteiger partial charge in [0.05, 0.1) is 24.3 Å². The monoisotopic (exact) mass is 443 g/mol. The normalized spacial score (nSPS) is 11.2. The molecule has 0 saturated heterocycles. The maximum Gasteiger partial charge on any atom is 0.335 e. The average Bonchev–Trinajstić information content (AvgIpc) is 3.20. The lowest BCUT2D eigenvalue weighted by Gasteiger charge is -2.09. The third-order valence-electron chi connectivity index (χ3n) is 5.70. The number of hydrogen-bond donors (Lipinski definition) is 2. The van der Waals surface area contributed by atoms with E-state index in [1.54, 1.807) is 18.3 Å². The summed E-state index contributed by atoms with van der Waals surface area (Å²) in [6.07, 6.45) is 4.46. The van der Waals surface area contributed by atoms with Crippen molar-refractivity contribution in [3.05, 3.63) is 89.7 Å². The van der Waals surface area contributed by atoms with Gasteiger partial charge < -0.3 is 19.7 Å². The van der Waals surface area contributed by atoms with E-state index in [1.165, 1.54) is 5.56 Å². The zero-order chi connectivity index (χ0) is 23.2. The lowest BCUT2D eigenvalue weighted by molar-refractivity contribution is 0.0697. The Hall–Kier alpha value is -3.64. The first-order valence-electron chi connectivity index (χ1n) is 11.2. The Labute approximate surface area is 193 Å². The molecule has 0 atom stereocenters. The van der Waals surface area contributed by atoms with Crippen LogP contribution in [0.4, 0.5) is 5.69 Å². The molecule has 0 radical (unpaired) electrons. The van der Waals surface area contributed by atoms with Crippen LogP contribution in [0.15, 0.2) is 73.1 Å². The van der Waals surface area contributed by atoms with E-state index in [9.17, 15) is 9.90 Å². The molecule has 0 bridgehead atoms. The maximum absolute atomic E-state index is 11.5. The Kier molecular flexibility index (Phi) is 7.05. The molecule has 6 heteroatoms. The third kappa shape index (κ3) is 5.41. The standard InChI is InChI=1S/C27H29N3O3/c1-19(2)20-6-9-23(10-7-20)28-14-16-33-15-12-22-18-30(26-5-3-4-13-29-26)25-11-8-21(27(31)32)17-24(22)25/h3-11,13,17-19,28H,12,14-16H2,1-2H3,(H,31,32). The SMILES string of the molecule is CC(C)c1ccc(NCCOCCc2cn(-c3ccccn3)c3ccc(C(=O)O)cc23)cc1. The molecule has 0 fully saturated rings. The number of carboxylic acid groups (broad SMARTS) is 1. The highest BCUT2D eigenvalue weighted by Crippen LogP contribution is 2.26. The summed E-state index contributed by atoms with van der Waals surface area (Å²) in [6, 6.07) is 19.4. The first-order valence-corrected chi connectivity index (χ1v) is 11.2. The van der Waals surface area contributed by atoms with Crippen LogP contribution >= 0.6 is 0 Å². The molecule has 0 amide bonds. The number of fused-ring (bicyclic) bond motifs is 1. The second kappa shape index (κ2) is 10.3. The minimum absolute atomic E-state index is 0.274. The van der Waals surface area contributed by atoms with Gasteiger partial charge in [-0.25, -0.2) is 9.78 Å². The van der Waals surface area contributed by atoms with Crippen LogP contribution in [-0.4, -0.2) is 40.4 Å². The second-order valence-corrected chi connectivity index (χ2v) is 8.32. The van der Waals surface area contributed by atoms with Crippen molar-refractivity contribution in [1.29, 1.82) is 0 Å². The molecule has 2 aromatic carbocycles. The minimum atomic E-state index is -0.933. The van der Waals surface area contributed by atoms with E-state index >= 15 is 0 Å². The Bertz CT molecular complexity index is 1210. The molecule has 0 spiro atoms. The highest BCUT2D eigenvalue weighted by atomic mass is 16.5. The van der Waals surface area contributed by atoms with Crippen LogP contribution in [0.3, 0.4) is 0 Å². The molecule has 4 rings (SSSR count). The van der Waals surface area contributed by atoms with Crippen molar-refractivity contribution in [2.24, 2.45) is 0 Å². The summed E-state index contributed by atoms with van der Waals surface area (Å²) in [5.41, 5.74) is 4.66. The van der Waals surface area contributed by atoms with Crippen molar-refractivity contribution >= 4 is 22.6 Å². The average molecular weight is 444 g/mol. The Morgan fingerprint density at radius 2 is 1.91 bits per heavy atom. The van der Waals surface area contributed by atoms with E-state index in [0.717, 1.165) is 34.5 Å². The Morgan fingerprint density at radius 3 is 2.61 bits per heavy atom. The summed E-state index contributed by atoms with van der Waals surface area (Å²) in [5, 5.41) is 13.7. The molecule has 2 aromatic heterocycles. The molecular weight excluding hydrogens is 414 g/mol. The highest BCUT2D eigenvalue weighted by Gasteiger charge is 2.13. The van der Waals surface area contributed by atoms with Crippen LogP contribution in [-0.2, 0) is 11.2 Å². The molecule has 2 N–H and O–H groups in total. The Morgan fingerprint density at radius 1 is 1.09 bits per heavy atom. The number of aromatic carboxylic acids is 1. The van der Waals surface area contributed by atoms with Gasteiger partial charge in [-0.15, -0.1) is 0 Å². The van der Waals surface area contributed by atoms with Gasteiger partial charge in [0.2, 0.25) is 0 Å². The van der Waals surface area contributed by atoms with Crippen LogP contribution in [0.1, 0.15) is 41.3 Å². The number of hydrogen-bond acceptors (Lipinski definition) is 4. The van der Waals surface area contributed by atoms with E-state index < -0.39 is 5.97 Å². The quantitative estimate of drug-likeness (QED) is 0.316. The number of anilines is 1. The summed E-state index contributed by atoms with van der Waals surface area (Å²) < 4.78 is 7.86. The van der Waals surface area contributed by atoms with Crippen LogP contribution in [0.2, 0.25) is 0 Å². The first-order chi connectivity index (χ1) is 16.0. The van der Waals surface area contributed by atoms with Crippen LogP contribution in [0.5, 0.6) is 0 Å². The van der Waals surface area contributed by atoms with Gasteiger partial charge in [0.1, 0.15) is 5.82 Å². The summed E-state index contributed by atoms with van der Waals surface area (Å²) in [4.78, 5) is 15.9. The van der Waals surface area contributed by atoms with Crippen molar-refractivity contribution in [1.82, 2.24) is 9.55 Å². The molecule has 33 heavy (non-hydrogen) atoms. The summed E-state index contributed by atoms with van der Waals surface area (Å²) in [7, 11) is 0. The van der Waals surface area contributed by atoms with Crippen molar-refractivity contribution in [3.63, 3.8) is 0 Å². The Balaban J connectivity index is 1.38. The van der Waals surface area contributed by atoms with Gasteiger partial charge in [-0.3, -0.25) is 0 Å². The van der Waals surface area contributed by atoms with Gasteiger partial charge in [-0.1, -0.05) is 32.0 Å². The molecule has 2 heterocycles. The maximum atomic E-state index is 11.5. The smallest absolute Gasteiger partial charge is 0.335 e. The lowest BCUT2D eigenvalue weighted by Crippen LogP contribution is -2.11. The topological polar surface area (TPSA) is 76.4 Å². The predicted octanol–water partition coefficient (Wildman–Crippen LogP) is 5.52. The van der Waals surface area contributed by atoms with E-state index in [1.807, 2.05) is 35.0 Å². The number of benzene rings is 2. The third-order valence-corrected chi connectivity index (χ3v) is 5.70. The zero-order valence-electron chi connectivity index (χ0n) is 19.0. The van der Waals surface area contributed by atoms with E-state index in [-0.39, 0.29) is 5.56 Å². The molecule has 0 aliphatic carbocycles. The zero-order valence-corrected chi connectivity index (χ0v) is 19.0. The molecule has 4 aromatic rings. The number of nitrogens with one attached hydrogen (secondary N) is 1. The summed E-state index contributed by atoms with van der Waals surface area (Å²) >= 11 is 0. The first kappa shape index (κ1) is 22.6. The van der Waals surface area contributed by atoms with Crippen molar-refractivity contribution in [2.75, 3.05) is 25.1 Å². The number of carboxylic acids is 1. The number of rotatable bonds is 10. The van der Waals surface area contributed by atoms with Crippen LogP contribution in [0.25, 0.3) is 16.7 Å². The van der Waals surface area contributed by atoms with Crippen molar-refractivity contribution in [3.8, 4) is 5.82 Å². The van der Waals surface area contributed by atoms with Crippen molar-refractivity contribution < 1.29 is 14.6 Å². The molecule has 0 aliphatic rings. The van der Waals surface area contributed by atoms with Crippen molar-refractivity contribution in [2.45, 2.75) is 26.2 Å². The fourth-order valence-corrected chi connectivity index (χ4v) is 3.85. The van der Waals surface area contributed by atoms with Crippen LogP contribution in [0, 0.1) is 0 Å². The molecule has 0 saturated carbocycles. The van der Waals surface area contributed by atoms with Gasteiger partial charge in [0.25, 0.3) is 0 Å². The number of aromatic nitrogens is 2. The van der Waals surface area contributed by atoms with E-state index in [2.05, 4.69) is 48.4 Å². The van der Waals surface area contributed by atoms with E-state index in [4.69, 9.17) is 4.74 Å². The highest BCUT2D eigenvalue weighted by molar-refractivity contribution is 5.95. The largest absolute Gasteiger partial charge is 0.478 e. The van der Waals surface area contributed by atoms with Gasteiger partial charge in [-0.05, 0) is 65.9 Å². The minimum Gasteiger partial charge on any atom is -0.478 e. The molecule has 0 unspecified atom stereocenters. The predicted molar refractivity (Wildman–Crippen MR) is 132 cm³/mol. The van der Waals surface area contributed by atoms with Crippen LogP contribution < -0.4 is 5.32 Å². The number of carbonyl (C=O) groups is 1. The van der Waals surface area contributed by atoms with Gasteiger partial charge in [-0.2, -0.15) is 0 Å². The van der Waals surface area contributed by atoms with Gasteiger partial charge >= 0.3 is 5.97 Å². The summed E-state index contributed by atoms with van der Waals surface area (Å²) in [5.74, 6) is 0.389. The number of pyridine rings is 1. The molecule has 170 valence electrons. The lowest BCUT2D eigenvalue weighted by atomic mass is 10.0. The fraction of sp³-hybridized carbons (Fsp3) is 0.259. The fourth-order valence-electron chi connectivity index (χ4n) is 3.85. The summed E-state index contributed by atoms with van der Waals surface area (Å²) in [6.45, 7) is 6.23.